The van der Waals surface area contributed by atoms with Crippen LogP contribution in [0.1, 0.15) is 36.7 Å². The van der Waals surface area contributed by atoms with Gasteiger partial charge in [-0.25, -0.2) is 0 Å². The summed E-state index contributed by atoms with van der Waals surface area (Å²) in [7, 11) is 0. The van der Waals surface area contributed by atoms with Gasteiger partial charge in [-0.15, -0.1) is 11.3 Å². The Kier molecular flexibility index (Phi) is 6.78. The first-order chi connectivity index (χ1) is 13.5. The number of benzene rings is 1. The molecule has 0 saturated carbocycles. The topological polar surface area (TPSA) is 98.7 Å². The van der Waals surface area contributed by atoms with Crippen molar-refractivity contribution in [1.29, 1.82) is 0 Å². The molecule has 1 atom stereocenters. The second-order valence-electron chi connectivity index (χ2n) is 6.58. The van der Waals surface area contributed by atoms with E-state index in [4.69, 9.17) is 0 Å². The van der Waals surface area contributed by atoms with Crippen molar-refractivity contribution in [3.63, 3.8) is 0 Å². The zero-order valence-electron chi connectivity index (χ0n) is 15.4. The van der Waals surface area contributed by atoms with E-state index in [-0.39, 0.29) is 12.5 Å². The van der Waals surface area contributed by atoms with Gasteiger partial charge in [0, 0.05) is 35.8 Å². The standard InChI is InChI=1S/C20H23N3O4S/c24-16(17-7-4-12-28-17)9-10-21-19(26)20(27)22-14-5-3-6-15(13-14)23-11-2-1-8-18(23)25/h3-7,12-13,16,24H,1-2,8-11H2,(H,21,26)(H,22,27). The highest BCUT2D eigenvalue weighted by molar-refractivity contribution is 7.10. The molecule has 7 nitrogen and oxygen atoms in total. The smallest absolute Gasteiger partial charge is 0.313 e. The number of hydrogen-bond donors (Lipinski definition) is 3. The van der Waals surface area contributed by atoms with Crippen LogP contribution in [0.15, 0.2) is 41.8 Å². The second kappa shape index (κ2) is 9.48. The molecule has 1 aromatic carbocycles. The Hall–Kier alpha value is -2.71. The minimum absolute atomic E-state index is 0.0665. The van der Waals surface area contributed by atoms with Crippen molar-refractivity contribution >= 4 is 40.4 Å². The highest BCUT2D eigenvalue weighted by Gasteiger charge is 2.20. The minimum atomic E-state index is -0.785. The molecule has 1 aliphatic rings. The van der Waals surface area contributed by atoms with E-state index in [0.717, 1.165) is 17.7 Å². The number of carbonyl (C=O) groups excluding carboxylic acids is 3. The summed E-state index contributed by atoms with van der Waals surface area (Å²) < 4.78 is 0. The largest absolute Gasteiger partial charge is 0.388 e. The molecule has 0 bridgehead atoms. The molecule has 148 valence electrons. The molecule has 0 aliphatic carbocycles. The van der Waals surface area contributed by atoms with Gasteiger partial charge < -0.3 is 20.6 Å². The van der Waals surface area contributed by atoms with Gasteiger partial charge >= 0.3 is 11.8 Å². The van der Waals surface area contributed by atoms with Gasteiger partial charge in [0.25, 0.3) is 0 Å². The van der Waals surface area contributed by atoms with Crippen LogP contribution in [-0.2, 0) is 14.4 Å². The van der Waals surface area contributed by atoms with Crippen LogP contribution in [0.3, 0.4) is 0 Å². The van der Waals surface area contributed by atoms with Crippen LogP contribution in [0.2, 0.25) is 0 Å². The Labute approximate surface area is 167 Å². The Morgan fingerprint density at radius 1 is 1.18 bits per heavy atom. The van der Waals surface area contributed by atoms with Crippen LogP contribution in [0.25, 0.3) is 0 Å². The normalized spacial score (nSPS) is 15.2. The van der Waals surface area contributed by atoms with E-state index >= 15 is 0 Å². The third-order valence-electron chi connectivity index (χ3n) is 4.52. The minimum Gasteiger partial charge on any atom is -0.388 e. The molecule has 0 spiro atoms. The summed E-state index contributed by atoms with van der Waals surface area (Å²) >= 11 is 1.44. The number of aliphatic hydroxyl groups is 1. The summed E-state index contributed by atoms with van der Waals surface area (Å²) in [4.78, 5) is 38.7. The molecule has 2 heterocycles. The molecular formula is C20H23N3O4S. The summed E-state index contributed by atoms with van der Waals surface area (Å²) in [6.45, 7) is 0.844. The van der Waals surface area contributed by atoms with Crippen molar-refractivity contribution in [2.45, 2.75) is 31.8 Å². The third kappa shape index (κ3) is 5.17. The quantitative estimate of drug-likeness (QED) is 0.648. The van der Waals surface area contributed by atoms with E-state index in [1.54, 1.807) is 23.1 Å². The lowest BCUT2D eigenvalue weighted by molar-refractivity contribution is -0.136. The number of thiophene rings is 1. The van der Waals surface area contributed by atoms with Crippen molar-refractivity contribution < 1.29 is 19.5 Å². The maximum absolute atomic E-state index is 12.1. The van der Waals surface area contributed by atoms with Crippen molar-refractivity contribution in [3.8, 4) is 0 Å². The molecule has 1 aliphatic heterocycles. The molecule has 0 radical (unpaired) electrons. The highest BCUT2D eigenvalue weighted by Crippen LogP contribution is 2.24. The van der Waals surface area contributed by atoms with E-state index in [1.165, 1.54) is 11.3 Å². The summed E-state index contributed by atoms with van der Waals surface area (Å²) in [5.41, 5.74) is 1.16. The summed E-state index contributed by atoms with van der Waals surface area (Å²) in [5.74, 6) is -1.48. The molecular weight excluding hydrogens is 378 g/mol. The first kappa shape index (κ1) is 20.0. The highest BCUT2D eigenvalue weighted by atomic mass is 32.1. The number of carbonyl (C=O) groups is 3. The fourth-order valence-corrected chi connectivity index (χ4v) is 3.79. The molecule has 1 fully saturated rings. The van der Waals surface area contributed by atoms with Crippen LogP contribution >= 0.6 is 11.3 Å². The monoisotopic (exact) mass is 401 g/mol. The number of piperidine rings is 1. The molecule has 8 heteroatoms. The van der Waals surface area contributed by atoms with Gasteiger partial charge in [0.15, 0.2) is 0 Å². The van der Waals surface area contributed by atoms with Gasteiger partial charge in [-0.3, -0.25) is 14.4 Å². The second-order valence-corrected chi connectivity index (χ2v) is 7.56. The molecule has 1 aromatic heterocycles. The molecule has 2 aromatic rings. The van der Waals surface area contributed by atoms with E-state index in [2.05, 4.69) is 10.6 Å². The lowest BCUT2D eigenvalue weighted by Gasteiger charge is -2.27. The predicted molar refractivity (Wildman–Crippen MR) is 108 cm³/mol. The predicted octanol–water partition coefficient (Wildman–Crippen LogP) is 2.44. The van der Waals surface area contributed by atoms with E-state index in [9.17, 15) is 19.5 Å². The van der Waals surface area contributed by atoms with Crippen molar-refractivity contribution in [2.75, 3.05) is 23.3 Å². The zero-order valence-corrected chi connectivity index (χ0v) is 16.2. The van der Waals surface area contributed by atoms with Gasteiger partial charge in [0.2, 0.25) is 5.91 Å². The molecule has 3 N–H and O–H groups in total. The number of hydrogen-bond acceptors (Lipinski definition) is 5. The average Bonchev–Trinajstić information content (AvgIpc) is 3.23. The summed E-state index contributed by atoms with van der Waals surface area (Å²) in [6, 6.07) is 10.6. The van der Waals surface area contributed by atoms with E-state index in [0.29, 0.717) is 30.8 Å². The van der Waals surface area contributed by atoms with Gasteiger partial charge in [-0.2, -0.15) is 0 Å². The average molecular weight is 401 g/mol. The third-order valence-corrected chi connectivity index (χ3v) is 5.49. The first-order valence-electron chi connectivity index (χ1n) is 9.25. The Balaban J connectivity index is 1.50. The SMILES string of the molecule is O=C(NCCC(O)c1cccs1)C(=O)Nc1cccc(N2CCCCC2=O)c1. The Morgan fingerprint density at radius 2 is 2.04 bits per heavy atom. The van der Waals surface area contributed by atoms with Crippen molar-refractivity contribution in [3.05, 3.63) is 46.7 Å². The Morgan fingerprint density at radius 3 is 2.79 bits per heavy atom. The van der Waals surface area contributed by atoms with Crippen molar-refractivity contribution in [2.24, 2.45) is 0 Å². The number of anilines is 2. The molecule has 3 amide bonds. The summed E-state index contributed by atoms with van der Waals surface area (Å²) in [6.07, 6.45) is 2.03. The molecule has 3 rings (SSSR count). The van der Waals surface area contributed by atoms with Gasteiger partial charge in [0.05, 0.1) is 6.10 Å². The number of nitrogens with one attached hydrogen (secondary N) is 2. The van der Waals surface area contributed by atoms with Crippen LogP contribution in [0.5, 0.6) is 0 Å². The maximum atomic E-state index is 12.1. The Bertz CT molecular complexity index is 838. The van der Waals surface area contributed by atoms with Gasteiger partial charge in [-0.1, -0.05) is 12.1 Å². The molecule has 1 saturated heterocycles. The van der Waals surface area contributed by atoms with Crippen LogP contribution in [-0.4, -0.2) is 35.9 Å². The first-order valence-corrected chi connectivity index (χ1v) is 10.1. The van der Waals surface area contributed by atoms with Gasteiger partial charge in [0.1, 0.15) is 0 Å². The number of nitrogens with zero attached hydrogens (tertiary/aromatic N) is 1. The van der Waals surface area contributed by atoms with Crippen LogP contribution in [0.4, 0.5) is 11.4 Å². The fourth-order valence-electron chi connectivity index (χ4n) is 3.04. The number of aliphatic hydroxyl groups excluding tert-OH is 1. The van der Waals surface area contributed by atoms with Crippen LogP contribution < -0.4 is 15.5 Å². The van der Waals surface area contributed by atoms with Crippen LogP contribution in [0, 0.1) is 0 Å². The zero-order chi connectivity index (χ0) is 19.9. The lowest BCUT2D eigenvalue weighted by atomic mass is 10.1. The van der Waals surface area contributed by atoms with Gasteiger partial charge in [-0.05, 0) is 48.9 Å². The lowest BCUT2D eigenvalue weighted by Crippen LogP contribution is -2.36. The summed E-state index contributed by atoms with van der Waals surface area (Å²) in [5, 5.41) is 16.9. The number of rotatable bonds is 6. The van der Waals surface area contributed by atoms with E-state index in [1.807, 2.05) is 23.6 Å². The van der Waals surface area contributed by atoms with Crippen molar-refractivity contribution in [1.82, 2.24) is 5.32 Å². The number of amides is 3. The fraction of sp³-hybridized carbons (Fsp3) is 0.350. The maximum Gasteiger partial charge on any atom is 0.313 e. The van der Waals surface area contributed by atoms with E-state index < -0.39 is 17.9 Å². The molecule has 1 unspecified atom stereocenters. The molecule has 28 heavy (non-hydrogen) atoms.